The predicted molar refractivity (Wildman–Crippen MR) is 68.1 cm³/mol. The highest BCUT2D eigenvalue weighted by Crippen LogP contribution is 2.20. The van der Waals surface area contributed by atoms with Crippen LogP contribution in [0.15, 0.2) is 42.6 Å². The van der Waals surface area contributed by atoms with Crippen molar-refractivity contribution in [2.24, 2.45) is 0 Å². The van der Waals surface area contributed by atoms with Gasteiger partial charge in [0.25, 0.3) is 0 Å². The average Bonchev–Trinajstić information content (AvgIpc) is 2.30. The van der Waals surface area contributed by atoms with Crippen LogP contribution in [-0.2, 0) is 6.42 Å². The van der Waals surface area contributed by atoms with Crippen molar-refractivity contribution in [3.05, 3.63) is 53.7 Å². The predicted octanol–water partition coefficient (Wildman–Crippen LogP) is 3.70. The van der Waals surface area contributed by atoms with Gasteiger partial charge in [-0.3, -0.25) is 0 Å². The third-order valence-corrected chi connectivity index (χ3v) is 2.58. The number of rotatable bonds is 3. The monoisotopic (exact) mass is 212 g/mol. The molecule has 16 heavy (non-hydrogen) atoms. The van der Waals surface area contributed by atoms with Gasteiger partial charge in [-0.1, -0.05) is 25.1 Å². The molecule has 0 fully saturated rings. The first-order valence-electron chi connectivity index (χ1n) is 5.57. The van der Waals surface area contributed by atoms with Crippen LogP contribution < -0.4 is 5.32 Å². The first-order valence-corrected chi connectivity index (χ1v) is 5.57. The van der Waals surface area contributed by atoms with Crippen LogP contribution in [0.4, 0.5) is 11.5 Å². The molecule has 2 aromatic rings. The third-order valence-electron chi connectivity index (χ3n) is 2.58. The zero-order chi connectivity index (χ0) is 11.4. The van der Waals surface area contributed by atoms with Crippen molar-refractivity contribution in [1.82, 2.24) is 4.98 Å². The van der Waals surface area contributed by atoms with Gasteiger partial charge in [0.1, 0.15) is 5.82 Å². The maximum absolute atomic E-state index is 4.30. The van der Waals surface area contributed by atoms with Crippen LogP contribution in [0.3, 0.4) is 0 Å². The van der Waals surface area contributed by atoms with Crippen LogP contribution in [0, 0.1) is 6.92 Å². The van der Waals surface area contributed by atoms with Gasteiger partial charge >= 0.3 is 0 Å². The fraction of sp³-hybridized carbons (Fsp3) is 0.214. The summed E-state index contributed by atoms with van der Waals surface area (Å²) in [6.07, 6.45) is 2.85. The summed E-state index contributed by atoms with van der Waals surface area (Å²) in [6.45, 7) is 4.22. The molecule has 0 bridgehead atoms. The number of nitrogens with zero attached hydrogens (tertiary/aromatic N) is 1. The molecule has 1 N–H and O–H groups in total. The van der Waals surface area contributed by atoms with E-state index in [-0.39, 0.29) is 0 Å². The number of nitrogens with one attached hydrogen (secondary N) is 1. The van der Waals surface area contributed by atoms with Crippen LogP contribution in [0.5, 0.6) is 0 Å². The van der Waals surface area contributed by atoms with Crippen molar-refractivity contribution >= 4 is 11.5 Å². The van der Waals surface area contributed by atoms with Crippen molar-refractivity contribution in [1.29, 1.82) is 0 Å². The van der Waals surface area contributed by atoms with Gasteiger partial charge in [-0.05, 0) is 42.7 Å². The van der Waals surface area contributed by atoms with E-state index in [1.807, 2.05) is 24.4 Å². The number of hydrogen-bond acceptors (Lipinski definition) is 2. The molecule has 2 nitrogen and oxygen atoms in total. The van der Waals surface area contributed by atoms with Gasteiger partial charge in [-0.25, -0.2) is 4.98 Å². The number of benzene rings is 1. The lowest BCUT2D eigenvalue weighted by molar-refractivity contribution is 1.14. The van der Waals surface area contributed by atoms with E-state index < -0.39 is 0 Å². The Morgan fingerprint density at radius 1 is 1.19 bits per heavy atom. The summed E-state index contributed by atoms with van der Waals surface area (Å²) in [4.78, 5) is 4.30. The van der Waals surface area contributed by atoms with Crippen LogP contribution in [0.2, 0.25) is 0 Å². The Bertz CT molecular complexity index is 478. The standard InChI is InChI=1S/C14H16N2/c1-3-12-6-4-5-7-13(12)16-14-10-11(2)8-9-15-14/h4-10H,3H2,1-2H3,(H,15,16). The molecule has 1 heterocycles. The van der Waals surface area contributed by atoms with Crippen LogP contribution in [0.1, 0.15) is 18.1 Å². The molecular formula is C14H16N2. The lowest BCUT2D eigenvalue weighted by atomic mass is 10.1. The van der Waals surface area contributed by atoms with E-state index in [1.165, 1.54) is 11.1 Å². The lowest BCUT2D eigenvalue weighted by Crippen LogP contribution is -1.97. The number of para-hydroxylation sites is 1. The SMILES string of the molecule is CCc1ccccc1Nc1cc(C)ccn1. The Balaban J connectivity index is 2.26. The lowest BCUT2D eigenvalue weighted by Gasteiger charge is -2.10. The van der Waals surface area contributed by atoms with E-state index in [4.69, 9.17) is 0 Å². The molecular weight excluding hydrogens is 196 g/mol. The smallest absolute Gasteiger partial charge is 0.130 e. The molecule has 0 aliphatic rings. The van der Waals surface area contributed by atoms with Crippen molar-refractivity contribution in [3.8, 4) is 0 Å². The van der Waals surface area contributed by atoms with E-state index in [0.29, 0.717) is 0 Å². The van der Waals surface area contributed by atoms with Gasteiger partial charge < -0.3 is 5.32 Å². The summed E-state index contributed by atoms with van der Waals surface area (Å²) in [6, 6.07) is 12.4. The first-order chi connectivity index (χ1) is 7.79. The second-order valence-corrected chi connectivity index (χ2v) is 3.85. The third kappa shape index (κ3) is 2.40. The van der Waals surface area contributed by atoms with Gasteiger partial charge in [0.2, 0.25) is 0 Å². The Morgan fingerprint density at radius 2 is 2.00 bits per heavy atom. The highest BCUT2D eigenvalue weighted by molar-refractivity contribution is 5.60. The Kier molecular flexibility index (Phi) is 3.20. The molecule has 0 saturated carbocycles. The van der Waals surface area contributed by atoms with E-state index in [9.17, 15) is 0 Å². The Morgan fingerprint density at radius 3 is 2.75 bits per heavy atom. The minimum absolute atomic E-state index is 0.904. The molecule has 2 heteroatoms. The van der Waals surface area contributed by atoms with Crippen LogP contribution in [0.25, 0.3) is 0 Å². The number of hydrogen-bond donors (Lipinski definition) is 1. The molecule has 0 amide bonds. The van der Waals surface area contributed by atoms with Gasteiger partial charge in [-0.15, -0.1) is 0 Å². The summed E-state index contributed by atoms with van der Waals surface area (Å²) in [5, 5.41) is 3.35. The van der Waals surface area contributed by atoms with Crippen molar-refractivity contribution in [3.63, 3.8) is 0 Å². The summed E-state index contributed by atoms with van der Waals surface area (Å²) in [5.41, 5.74) is 3.67. The van der Waals surface area contributed by atoms with E-state index in [2.05, 4.69) is 42.3 Å². The number of anilines is 2. The van der Waals surface area contributed by atoms with Crippen molar-refractivity contribution in [2.75, 3.05) is 5.32 Å². The zero-order valence-corrected chi connectivity index (χ0v) is 9.70. The van der Waals surface area contributed by atoms with Gasteiger partial charge in [0.05, 0.1) is 0 Å². The highest BCUT2D eigenvalue weighted by atomic mass is 15.0. The number of aryl methyl sites for hydroxylation is 2. The minimum atomic E-state index is 0.904. The van der Waals surface area contributed by atoms with Crippen LogP contribution in [-0.4, -0.2) is 4.98 Å². The molecule has 2 rings (SSSR count). The zero-order valence-electron chi connectivity index (χ0n) is 9.70. The highest BCUT2D eigenvalue weighted by Gasteiger charge is 2.00. The van der Waals surface area contributed by atoms with Gasteiger partial charge in [0, 0.05) is 11.9 Å². The van der Waals surface area contributed by atoms with E-state index in [1.54, 1.807) is 0 Å². The normalized spacial score (nSPS) is 10.1. The first kappa shape index (κ1) is 10.7. The fourth-order valence-electron chi connectivity index (χ4n) is 1.69. The second kappa shape index (κ2) is 4.79. The van der Waals surface area contributed by atoms with Gasteiger partial charge in [-0.2, -0.15) is 0 Å². The molecule has 0 saturated heterocycles. The molecule has 0 aliphatic carbocycles. The molecule has 0 unspecified atom stereocenters. The van der Waals surface area contributed by atoms with Crippen molar-refractivity contribution in [2.45, 2.75) is 20.3 Å². The molecule has 1 aromatic heterocycles. The number of aromatic nitrogens is 1. The molecule has 82 valence electrons. The Hall–Kier alpha value is -1.83. The summed E-state index contributed by atoms with van der Waals surface area (Å²) in [7, 11) is 0. The molecule has 1 aromatic carbocycles. The quantitative estimate of drug-likeness (QED) is 0.839. The minimum Gasteiger partial charge on any atom is -0.340 e. The second-order valence-electron chi connectivity index (χ2n) is 3.85. The van der Waals surface area contributed by atoms with Crippen LogP contribution >= 0.6 is 0 Å². The van der Waals surface area contributed by atoms with E-state index >= 15 is 0 Å². The topological polar surface area (TPSA) is 24.9 Å². The summed E-state index contributed by atoms with van der Waals surface area (Å²) < 4.78 is 0. The molecule has 0 radical (unpaired) electrons. The summed E-state index contributed by atoms with van der Waals surface area (Å²) >= 11 is 0. The van der Waals surface area contributed by atoms with E-state index in [0.717, 1.165) is 17.9 Å². The van der Waals surface area contributed by atoms with Crippen molar-refractivity contribution < 1.29 is 0 Å². The van der Waals surface area contributed by atoms with Gasteiger partial charge in [0.15, 0.2) is 0 Å². The maximum Gasteiger partial charge on any atom is 0.130 e. The largest absolute Gasteiger partial charge is 0.340 e. The summed E-state index contributed by atoms with van der Waals surface area (Å²) in [5.74, 6) is 0.904. The molecule has 0 aliphatic heterocycles. The maximum atomic E-state index is 4.30. The number of pyridine rings is 1. The average molecular weight is 212 g/mol. The Labute approximate surface area is 96.4 Å². The molecule has 0 spiro atoms. The fourth-order valence-corrected chi connectivity index (χ4v) is 1.69. The molecule has 0 atom stereocenters.